The number of rotatable bonds is 6. The second-order valence-corrected chi connectivity index (χ2v) is 5.94. The minimum absolute atomic E-state index is 0. The summed E-state index contributed by atoms with van der Waals surface area (Å²) in [7, 11) is 3.61. The molecule has 1 saturated heterocycles. The summed E-state index contributed by atoms with van der Waals surface area (Å²) in [5.74, 6) is 1.83. The predicted molar refractivity (Wildman–Crippen MR) is 108 cm³/mol. The molecule has 0 spiro atoms. The Labute approximate surface area is 157 Å². The molecule has 0 unspecified atom stereocenters. The number of likely N-dealkylation sites (tertiary alicyclic amines) is 1. The van der Waals surface area contributed by atoms with Crippen molar-refractivity contribution in [1.82, 2.24) is 10.2 Å². The molecule has 1 aromatic carbocycles. The molecule has 0 aromatic heterocycles. The number of nitrogens with one attached hydrogen (secondary N) is 1. The Morgan fingerprint density at radius 1 is 1.26 bits per heavy atom. The van der Waals surface area contributed by atoms with Crippen molar-refractivity contribution in [2.45, 2.75) is 25.7 Å². The third kappa shape index (κ3) is 7.08. The summed E-state index contributed by atoms with van der Waals surface area (Å²) in [5, 5.41) is 3.43. The van der Waals surface area contributed by atoms with Crippen LogP contribution in [0.4, 0.5) is 0 Å². The van der Waals surface area contributed by atoms with Crippen LogP contribution in [0.5, 0.6) is 0 Å². The number of methoxy groups -OCH3 is 1. The van der Waals surface area contributed by atoms with Crippen LogP contribution in [0, 0.1) is 5.92 Å². The molecule has 0 saturated carbocycles. The number of hydrogen-bond donors (Lipinski definition) is 1. The van der Waals surface area contributed by atoms with Crippen LogP contribution in [0.15, 0.2) is 35.3 Å². The molecule has 0 amide bonds. The summed E-state index contributed by atoms with van der Waals surface area (Å²) in [6.07, 6.45) is 4.70. The van der Waals surface area contributed by atoms with E-state index < -0.39 is 0 Å². The summed E-state index contributed by atoms with van der Waals surface area (Å²) in [5.41, 5.74) is 1.46. The molecule has 2 rings (SSSR count). The fourth-order valence-electron chi connectivity index (χ4n) is 3.05. The molecular weight excluding hydrogens is 401 g/mol. The van der Waals surface area contributed by atoms with E-state index in [9.17, 15) is 0 Å². The third-order valence-electron chi connectivity index (χ3n) is 4.30. The molecule has 1 N–H and O–H groups in total. The van der Waals surface area contributed by atoms with Gasteiger partial charge < -0.3 is 15.0 Å². The number of nitrogens with zero attached hydrogens (tertiary/aromatic N) is 2. The van der Waals surface area contributed by atoms with Crippen LogP contribution in [-0.2, 0) is 11.2 Å². The van der Waals surface area contributed by atoms with E-state index in [0.29, 0.717) is 0 Å². The highest BCUT2D eigenvalue weighted by atomic mass is 127. The van der Waals surface area contributed by atoms with Crippen LogP contribution < -0.4 is 5.32 Å². The second-order valence-electron chi connectivity index (χ2n) is 5.94. The molecule has 130 valence electrons. The summed E-state index contributed by atoms with van der Waals surface area (Å²) in [6, 6.07) is 10.8. The number of ether oxygens (including phenoxy) is 1. The fraction of sp³-hybridized carbons (Fsp3) is 0.611. The van der Waals surface area contributed by atoms with Crippen LogP contribution in [0.25, 0.3) is 0 Å². The highest BCUT2D eigenvalue weighted by Crippen LogP contribution is 2.21. The van der Waals surface area contributed by atoms with E-state index >= 15 is 0 Å². The molecule has 1 aliphatic heterocycles. The Morgan fingerprint density at radius 3 is 2.57 bits per heavy atom. The molecule has 1 heterocycles. The van der Waals surface area contributed by atoms with Crippen molar-refractivity contribution in [2.24, 2.45) is 10.9 Å². The van der Waals surface area contributed by atoms with Gasteiger partial charge in [0.15, 0.2) is 5.96 Å². The molecule has 0 atom stereocenters. The number of benzene rings is 1. The highest BCUT2D eigenvalue weighted by molar-refractivity contribution is 14.0. The van der Waals surface area contributed by atoms with E-state index in [0.717, 1.165) is 44.5 Å². The Bertz CT molecular complexity index is 445. The van der Waals surface area contributed by atoms with E-state index in [2.05, 4.69) is 45.5 Å². The van der Waals surface area contributed by atoms with Gasteiger partial charge in [0.25, 0.3) is 0 Å². The molecular formula is C18H30IN3O. The lowest BCUT2D eigenvalue weighted by Gasteiger charge is -2.34. The van der Waals surface area contributed by atoms with Gasteiger partial charge in [-0.25, -0.2) is 0 Å². The average Bonchev–Trinajstić information content (AvgIpc) is 2.57. The van der Waals surface area contributed by atoms with Gasteiger partial charge in [0.1, 0.15) is 0 Å². The van der Waals surface area contributed by atoms with E-state index in [1.165, 1.54) is 24.8 Å². The first-order valence-electron chi connectivity index (χ1n) is 8.32. The van der Waals surface area contributed by atoms with E-state index in [4.69, 9.17) is 4.74 Å². The minimum Gasteiger partial charge on any atom is -0.385 e. The Morgan fingerprint density at radius 2 is 1.96 bits per heavy atom. The van der Waals surface area contributed by atoms with Crippen molar-refractivity contribution >= 4 is 29.9 Å². The van der Waals surface area contributed by atoms with Gasteiger partial charge in [-0.15, -0.1) is 24.0 Å². The average molecular weight is 431 g/mol. The van der Waals surface area contributed by atoms with Crippen LogP contribution in [0.2, 0.25) is 0 Å². The van der Waals surface area contributed by atoms with Gasteiger partial charge in [0.05, 0.1) is 0 Å². The van der Waals surface area contributed by atoms with Gasteiger partial charge in [-0.1, -0.05) is 30.3 Å². The number of aliphatic imine (C=N–C) groups is 1. The summed E-state index contributed by atoms with van der Waals surface area (Å²) in [4.78, 5) is 6.79. The molecule has 0 bridgehead atoms. The van der Waals surface area contributed by atoms with Crippen molar-refractivity contribution in [1.29, 1.82) is 0 Å². The van der Waals surface area contributed by atoms with Gasteiger partial charge in [-0.3, -0.25) is 4.99 Å². The molecule has 5 heteroatoms. The molecule has 0 aliphatic carbocycles. The maximum atomic E-state index is 5.08. The maximum absolute atomic E-state index is 5.08. The summed E-state index contributed by atoms with van der Waals surface area (Å²) >= 11 is 0. The zero-order chi connectivity index (χ0) is 15.6. The highest BCUT2D eigenvalue weighted by Gasteiger charge is 2.21. The first kappa shape index (κ1) is 20.2. The van der Waals surface area contributed by atoms with E-state index in [1.54, 1.807) is 7.11 Å². The monoisotopic (exact) mass is 431 g/mol. The molecule has 23 heavy (non-hydrogen) atoms. The maximum Gasteiger partial charge on any atom is 0.193 e. The molecule has 1 fully saturated rings. The largest absolute Gasteiger partial charge is 0.385 e. The van der Waals surface area contributed by atoms with Crippen molar-refractivity contribution in [2.75, 3.05) is 40.4 Å². The van der Waals surface area contributed by atoms with Gasteiger partial charge in [-0.05, 0) is 37.2 Å². The van der Waals surface area contributed by atoms with Crippen molar-refractivity contribution in [3.05, 3.63) is 35.9 Å². The topological polar surface area (TPSA) is 36.9 Å². The minimum atomic E-state index is 0. The summed E-state index contributed by atoms with van der Waals surface area (Å²) < 4.78 is 5.08. The van der Waals surface area contributed by atoms with Gasteiger partial charge in [-0.2, -0.15) is 0 Å². The zero-order valence-corrected chi connectivity index (χ0v) is 16.7. The smallest absolute Gasteiger partial charge is 0.193 e. The van der Waals surface area contributed by atoms with Crippen molar-refractivity contribution in [3.63, 3.8) is 0 Å². The lowest BCUT2D eigenvalue weighted by atomic mass is 9.90. The first-order valence-corrected chi connectivity index (χ1v) is 8.32. The Balaban J connectivity index is 0.00000264. The predicted octanol–water partition coefficient (Wildman–Crippen LogP) is 3.17. The molecule has 4 nitrogen and oxygen atoms in total. The second kappa shape index (κ2) is 11.7. The molecule has 0 radical (unpaired) electrons. The fourth-order valence-corrected chi connectivity index (χ4v) is 3.05. The molecule has 1 aliphatic rings. The van der Waals surface area contributed by atoms with Crippen LogP contribution in [0.1, 0.15) is 24.8 Å². The number of halogens is 1. The van der Waals surface area contributed by atoms with Crippen molar-refractivity contribution in [3.8, 4) is 0 Å². The normalized spacial score (nSPS) is 16.1. The van der Waals surface area contributed by atoms with Crippen molar-refractivity contribution < 1.29 is 4.74 Å². The number of hydrogen-bond acceptors (Lipinski definition) is 2. The Hall–Kier alpha value is -0.820. The standard InChI is InChI=1S/C18H29N3O.HI/c1-19-18(20-11-6-14-22-2)21-12-9-17(10-13-21)15-16-7-4-3-5-8-16;/h3-5,7-8,17H,6,9-15H2,1-2H3,(H,19,20);1H. The van der Waals surface area contributed by atoms with Gasteiger partial charge in [0, 0.05) is 40.4 Å². The van der Waals surface area contributed by atoms with Crippen LogP contribution >= 0.6 is 24.0 Å². The first-order chi connectivity index (χ1) is 10.8. The van der Waals surface area contributed by atoms with Crippen LogP contribution in [0.3, 0.4) is 0 Å². The Kier molecular flexibility index (Phi) is 10.3. The van der Waals surface area contributed by atoms with Gasteiger partial charge in [0.2, 0.25) is 0 Å². The SMILES string of the molecule is CN=C(NCCCOC)N1CCC(Cc2ccccc2)CC1.I. The van der Waals surface area contributed by atoms with E-state index in [1.807, 2.05) is 7.05 Å². The third-order valence-corrected chi connectivity index (χ3v) is 4.30. The molecule has 1 aromatic rings. The number of guanidine groups is 1. The number of piperidine rings is 1. The van der Waals surface area contributed by atoms with E-state index in [-0.39, 0.29) is 24.0 Å². The quantitative estimate of drug-likeness (QED) is 0.326. The van der Waals surface area contributed by atoms with Crippen LogP contribution in [-0.4, -0.2) is 51.3 Å². The zero-order valence-electron chi connectivity index (χ0n) is 14.3. The van der Waals surface area contributed by atoms with Gasteiger partial charge >= 0.3 is 0 Å². The summed E-state index contributed by atoms with van der Waals surface area (Å²) in [6.45, 7) is 3.91. The lowest BCUT2D eigenvalue weighted by Crippen LogP contribution is -2.46. The lowest BCUT2D eigenvalue weighted by molar-refractivity contribution is 0.195.